The third kappa shape index (κ3) is 3.83. The van der Waals surface area contributed by atoms with Crippen molar-refractivity contribution in [3.05, 3.63) is 34.9 Å². The van der Waals surface area contributed by atoms with Crippen LogP contribution in [0.1, 0.15) is 25.3 Å². The van der Waals surface area contributed by atoms with Gasteiger partial charge in [-0.2, -0.15) is 0 Å². The van der Waals surface area contributed by atoms with Gasteiger partial charge in [-0.1, -0.05) is 37.6 Å². The van der Waals surface area contributed by atoms with Gasteiger partial charge >= 0.3 is 0 Å². The Kier molecular flexibility index (Phi) is 4.77. The fourth-order valence-corrected chi connectivity index (χ4v) is 1.56. The van der Waals surface area contributed by atoms with Crippen molar-refractivity contribution in [1.82, 2.24) is 5.32 Å². The average molecular weight is 241 g/mol. The molecule has 0 fully saturated rings. The molecule has 3 N–H and O–H groups in total. The van der Waals surface area contributed by atoms with Crippen LogP contribution in [0.25, 0.3) is 0 Å². The summed E-state index contributed by atoms with van der Waals surface area (Å²) in [7, 11) is 0. The smallest absolute Gasteiger partial charge is 0.226 e. The van der Waals surface area contributed by atoms with Crippen LogP contribution in [0.5, 0.6) is 0 Å². The average Bonchev–Trinajstić information content (AvgIpc) is 2.20. The van der Waals surface area contributed by atoms with E-state index in [0.29, 0.717) is 17.6 Å². The van der Waals surface area contributed by atoms with Gasteiger partial charge in [0.15, 0.2) is 0 Å². The molecule has 0 radical (unpaired) electrons. The van der Waals surface area contributed by atoms with Gasteiger partial charge in [0.2, 0.25) is 5.91 Å². The second-order valence-electron chi connectivity index (χ2n) is 4.07. The Morgan fingerprint density at radius 1 is 1.38 bits per heavy atom. The zero-order valence-electron chi connectivity index (χ0n) is 9.53. The molecular formula is C12H17ClN2O. The number of amides is 1. The Bertz CT molecular complexity index is 349. The van der Waals surface area contributed by atoms with Crippen molar-refractivity contribution in [3.63, 3.8) is 0 Å². The maximum atomic E-state index is 11.3. The normalized spacial score (nSPS) is 12.8. The number of benzene rings is 1. The fourth-order valence-electron chi connectivity index (χ4n) is 1.43. The van der Waals surface area contributed by atoms with Gasteiger partial charge in [-0.3, -0.25) is 4.79 Å². The third-order valence-electron chi connectivity index (χ3n) is 2.35. The number of rotatable bonds is 5. The molecular weight excluding hydrogens is 224 g/mol. The van der Waals surface area contributed by atoms with Crippen molar-refractivity contribution in [1.29, 1.82) is 0 Å². The van der Waals surface area contributed by atoms with Gasteiger partial charge < -0.3 is 11.1 Å². The topological polar surface area (TPSA) is 55.1 Å². The van der Waals surface area contributed by atoms with E-state index >= 15 is 0 Å². The van der Waals surface area contributed by atoms with Crippen LogP contribution in [0, 0.1) is 0 Å². The fraction of sp³-hybridized carbons (Fsp3) is 0.417. The Morgan fingerprint density at radius 2 is 1.94 bits per heavy atom. The number of hydrogen-bond donors (Lipinski definition) is 2. The minimum absolute atomic E-state index is 0.306. The molecule has 0 aliphatic carbocycles. The lowest BCUT2D eigenvalue weighted by Gasteiger charge is -2.16. The van der Waals surface area contributed by atoms with Crippen LogP contribution >= 0.6 is 11.6 Å². The second kappa shape index (κ2) is 5.87. The minimum atomic E-state index is -0.324. The van der Waals surface area contributed by atoms with Crippen molar-refractivity contribution in [2.24, 2.45) is 5.73 Å². The van der Waals surface area contributed by atoms with Crippen molar-refractivity contribution in [2.45, 2.75) is 25.8 Å². The molecule has 1 aromatic carbocycles. The van der Waals surface area contributed by atoms with E-state index in [1.807, 2.05) is 26.0 Å². The number of carbonyl (C=O) groups is 1. The molecule has 0 aromatic heterocycles. The van der Waals surface area contributed by atoms with Crippen LogP contribution in [0.3, 0.4) is 0 Å². The highest BCUT2D eigenvalue weighted by Gasteiger charge is 2.17. The lowest BCUT2D eigenvalue weighted by Crippen LogP contribution is -2.34. The van der Waals surface area contributed by atoms with Gasteiger partial charge in [0.1, 0.15) is 0 Å². The molecule has 1 amide bonds. The molecule has 1 aromatic rings. The summed E-state index contributed by atoms with van der Waals surface area (Å²) < 4.78 is 0. The highest BCUT2D eigenvalue weighted by atomic mass is 35.5. The molecule has 0 saturated carbocycles. The van der Waals surface area contributed by atoms with Crippen LogP contribution in [-0.2, 0) is 4.79 Å². The van der Waals surface area contributed by atoms with Gasteiger partial charge in [0.05, 0.1) is 5.92 Å². The molecule has 0 bridgehead atoms. The highest BCUT2D eigenvalue weighted by molar-refractivity contribution is 6.30. The highest BCUT2D eigenvalue weighted by Crippen LogP contribution is 2.17. The number of primary amides is 1. The summed E-state index contributed by atoms with van der Waals surface area (Å²) in [4.78, 5) is 11.3. The lowest BCUT2D eigenvalue weighted by atomic mass is 9.98. The minimum Gasteiger partial charge on any atom is -0.369 e. The SMILES string of the molecule is CC(C)NC[C@@H](C(N)=O)c1ccc(Cl)cc1. The molecule has 1 atom stereocenters. The molecule has 0 aliphatic rings. The van der Waals surface area contributed by atoms with Crippen LogP contribution in [-0.4, -0.2) is 18.5 Å². The zero-order valence-corrected chi connectivity index (χ0v) is 10.3. The van der Waals surface area contributed by atoms with E-state index in [-0.39, 0.29) is 11.8 Å². The Balaban J connectivity index is 2.77. The standard InChI is InChI=1S/C12H17ClN2O/c1-8(2)15-7-11(12(14)16)9-3-5-10(13)6-4-9/h3-6,8,11,15H,7H2,1-2H3,(H2,14,16)/t11-/m1/s1. The van der Waals surface area contributed by atoms with Gasteiger partial charge in [0.25, 0.3) is 0 Å². The van der Waals surface area contributed by atoms with Gasteiger partial charge in [-0.25, -0.2) is 0 Å². The largest absolute Gasteiger partial charge is 0.369 e. The molecule has 16 heavy (non-hydrogen) atoms. The Morgan fingerprint density at radius 3 is 2.38 bits per heavy atom. The summed E-state index contributed by atoms with van der Waals surface area (Å²) in [5, 5.41) is 3.86. The van der Waals surface area contributed by atoms with Crippen LogP contribution < -0.4 is 11.1 Å². The Labute approximate surface area is 101 Å². The number of halogens is 1. The molecule has 0 heterocycles. The molecule has 3 nitrogen and oxygen atoms in total. The van der Waals surface area contributed by atoms with Crippen LogP contribution in [0.4, 0.5) is 0 Å². The van der Waals surface area contributed by atoms with E-state index in [1.165, 1.54) is 0 Å². The summed E-state index contributed by atoms with van der Waals surface area (Å²) in [6, 6.07) is 7.53. The first kappa shape index (κ1) is 13.0. The van der Waals surface area contributed by atoms with Gasteiger partial charge in [-0.15, -0.1) is 0 Å². The van der Waals surface area contributed by atoms with Gasteiger partial charge in [0, 0.05) is 17.6 Å². The van der Waals surface area contributed by atoms with E-state index in [4.69, 9.17) is 17.3 Å². The molecule has 0 spiro atoms. The van der Waals surface area contributed by atoms with E-state index < -0.39 is 0 Å². The van der Waals surface area contributed by atoms with Crippen molar-refractivity contribution in [3.8, 4) is 0 Å². The molecule has 4 heteroatoms. The first-order valence-corrected chi connectivity index (χ1v) is 5.66. The summed E-state index contributed by atoms with van der Waals surface area (Å²) >= 11 is 5.79. The summed E-state index contributed by atoms with van der Waals surface area (Å²) in [5.74, 6) is -0.630. The molecule has 0 saturated heterocycles. The Hall–Kier alpha value is -1.06. The molecule has 0 unspecified atom stereocenters. The maximum absolute atomic E-state index is 11.3. The summed E-state index contributed by atoms with van der Waals surface area (Å²) in [6.45, 7) is 4.61. The first-order valence-electron chi connectivity index (χ1n) is 5.29. The first-order chi connectivity index (χ1) is 7.50. The second-order valence-corrected chi connectivity index (χ2v) is 4.51. The van der Waals surface area contributed by atoms with Crippen molar-refractivity contribution < 1.29 is 4.79 Å². The molecule has 88 valence electrons. The van der Waals surface area contributed by atoms with E-state index in [2.05, 4.69) is 5.32 Å². The third-order valence-corrected chi connectivity index (χ3v) is 2.60. The number of nitrogens with one attached hydrogen (secondary N) is 1. The quantitative estimate of drug-likeness (QED) is 0.826. The summed E-state index contributed by atoms with van der Waals surface area (Å²) in [6.07, 6.45) is 0. The zero-order chi connectivity index (χ0) is 12.1. The summed E-state index contributed by atoms with van der Waals surface area (Å²) in [5.41, 5.74) is 6.27. The molecule has 0 aliphatic heterocycles. The maximum Gasteiger partial charge on any atom is 0.226 e. The number of nitrogens with two attached hydrogens (primary N) is 1. The van der Waals surface area contributed by atoms with Crippen LogP contribution in [0.2, 0.25) is 5.02 Å². The predicted molar refractivity (Wildman–Crippen MR) is 66.5 cm³/mol. The predicted octanol–water partition coefficient (Wildman–Crippen LogP) is 1.91. The monoisotopic (exact) mass is 240 g/mol. The number of carbonyl (C=O) groups excluding carboxylic acids is 1. The van der Waals surface area contributed by atoms with E-state index in [0.717, 1.165) is 5.56 Å². The van der Waals surface area contributed by atoms with E-state index in [9.17, 15) is 4.79 Å². The van der Waals surface area contributed by atoms with Crippen molar-refractivity contribution in [2.75, 3.05) is 6.54 Å². The molecule has 1 rings (SSSR count). The van der Waals surface area contributed by atoms with E-state index in [1.54, 1.807) is 12.1 Å². The number of hydrogen-bond acceptors (Lipinski definition) is 2. The van der Waals surface area contributed by atoms with Crippen LogP contribution in [0.15, 0.2) is 24.3 Å². The van der Waals surface area contributed by atoms with Gasteiger partial charge in [-0.05, 0) is 17.7 Å². The lowest BCUT2D eigenvalue weighted by molar-refractivity contribution is -0.119. The van der Waals surface area contributed by atoms with Crippen molar-refractivity contribution >= 4 is 17.5 Å².